The highest BCUT2D eigenvalue weighted by Gasteiger charge is 2.27. The number of nitrogens with two attached hydrogens (primary N) is 1. The van der Waals surface area contributed by atoms with Gasteiger partial charge in [0.1, 0.15) is 0 Å². The van der Waals surface area contributed by atoms with E-state index < -0.39 is 0 Å². The van der Waals surface area contributed by atoms with Gasteiger partial charge in [0.05, 0.1) is 0 Å². The lowest BCUT2D eigenvalue weighted by Crippen LogP contribution is -2.44. The zero-order valence-electron chi connectivity index (χ0n) is 11.6. The summed E-state index contributed by atoms with van der Waals surface area (Å²) in [6.45, 7) is 5.74. The highest BCUT2D eigenvalue weighted by molar-refractivity contribution is 5.94. The molecule has 2 rings (SSSR count). The van der Waals surface area contributed by atoms with E-state index in [1.807, 2.05) is 29.2 Å². The first-order chi connectivity index (χ1) is 8.61. The molecule has 1 aliphatic heterocycles. The molecule has 0 radical (unpaired) electrons. The maximum absolute atomic E-state index is 12.4. The Bertz CT molecular complexity index is 419. The van der Waals surface area contributed by atoms with Gasteiger partial charge in [0.25, 0.3) is 5.91 Å². The monoisotopic (exact) mass is 282 g/mol. The number of hydrogen-bond acceptors (Lipinski definition) is 2. The molecular weight excluding hydrogens is 260 g/mol. The van der Waals surface area contributed by atoms with Crippen LogP contribution >= 0.6 is 12.4 Å². The number of amides is 1. The first-order valence-corrected chi connectivity index (χ1v) is 6.71. The number of likely N-dealkylation sites (tertiary alicyclic amines) is 1. The number of carbonyl (C=O) groups is 1. The van der Waals surface area contributed by atoms with Gasteiger partial charge in [-0.2, -0.15) is 0 Å². The minimum absolute atomic E-state index is 0. The van der Waals surface area contributed by atoms with Crippen molar-refractivity contribution in [2.75, 3.05) is 6.54 Å². The Balaban J connectivity index is 0.00000180. The lowest BCUT2D eigenvalue weighted by Gasteiger charge is -2.36. The van der Waals surface area contributed by atoms with Crippen molar-refractivity contribution in [1.82, 2.24) is 4.90 Å². The summed E-state index contributed by atoms with van der Waals surface area (Å²) in [7, 11) is 0. The molecule has 1 saturated heterocycles. The number of carbonyl (C=O) groups excluding carboxylic acids is 1. The number of hydrogen-bond donors (Lipinski definition) is 1. The number of benzene rings is 1. The minimum Gasteiger partial charge on any atom is -0.336 e. The van der Waals surface area contributed by atoms with Gasteiger partial charge in [-0.15, -0.1) is 12.4 Å². The number of rotatable bonds is 2. The van der Waals surface area contributed by atoms with Crippen molar-refractivity contribution in [3.63, 3.8) is 0 Å². The molecule has 1 aromatic carbocycles. The maximum Gasteiger partial charge on any atom is 0.254 e. The van der Waals surface area contributed by atoms with Crippen molar-refractivity contribution in [1.29, 1.82) is 0 Å². The minimum atomic E-state index is 0. The predicted molar refractivity (Wildman–Crippen MR) is 80.5 cm³/mol. The summed E-state index contributed by atoms with van der Waals surface area (Å²) in [5, 5.41) is 0. The van der Waals surface area contributed by atoms with E-state index in [1.54, 1.807) is 0 Å². The highest BCUT2D eigenvalue weighted by Crippen LogP contribution is 2.23. The number of nitrogens with zero attached hydrogens (tertiary/aromatic N) is 1. The Hall–Kier alpha value is -1.06. The molecular formula is C15H23ClN2O. The van der Waals surface area contributed by atoms with E-state index >= 15 is 0 Å². The number of halogens is 1. The summed E-state index contributed by atoms with van der Waals surface area (Å²) in [5.74, 6) is 0.756. The Morgan fingerprint density at radius 1 is 1.26 bits per heavy atom. The Morgan fingerprint density at radius 3 is 2.47 bits per heavy atom. The molecule has 1 amide bonds. The quantitative estimate of drug-likeness (QED) is 0.907. The van der Waals surface area contributed by atoms with Gasteiger partial charge < -0.3 is 10.6 Å². The predicted octanol–water partition coefficient (Wildman–Crippen LogP) is 2.83. The molecule has 0 bridgehead atoms. The number of piperidine rings is 1. The average Bonchev–Trinajstić information content (AvgIpc) is 2.41. The molecule has 0 aromatic heterocycles. The first-order valence-electron chi connectivity index (χ1n) is 6.71. The molecule has 0 saturated carbocycles. The fraction of sp³-hybridized carbons (Fsp3) is 0.533. The van der Waals surface area contributed by atoms with Gasteiger partial charge in [0.15, 0.2) is 0 Å². The molecule has 0 spiro atoms. The molecule has 2 atom stereocenters. The normalized spacial score (nSPS) is 22.8. The molecule has 19 heavy (non-hydrogen) atoms. The van der Waals surface area contributed by atoms with E-state index in [0.29, 0.717) is 18.5 Å². The second-order valence-corrected chi connectivity index (χ2v) is 5.39. The molecule has 1 aromatic rings. The van der Waals surface area contributed by atoms with Crippen LogP contribution in [0.3, 0.4) is 0 Å². The zero-order chi connectivity index (χ0) is 13.1. The average molecular weight is 283 g/mol. The second-order valence-electron chi connectivity index (χ2n) is 5.39. The van der Waals surface area contributed by atoms with E-state index in [4.69, 9.17) is 5.73 Å². The van der Waals surface area contributed by atoms with Crippen LogP contribution in [-0.4, -0.2) is 23.4 Å². The van der Waals surface area contributed by atoms with Crippen LogP contribution in [0, 0.1) is 5.92 Å². The molecule has 4 heteroatoms. The van der Waals surface area contributed by atoms with Crippen LogP contribution in [0.4, 0.5) is 0 Å². The van der Waals surface area contributed by atoms with Gasteiger partial charge >= 0.3 is 0 Å². The third-order valence-corrected chi connectivity index (χ3v) is 3.82. The van der Waals surface area contributed by atoms with Crippen LogP contribution in [-0.2, 0) is 6.54 Å². The zero-order valence-corrected chi connectivity index (χ0v) is 12.5. The summed E-state index contributed by atoms with van der Waals surface area (Å²) >= 11 is 0. The van der Waals surface area contributed by atoms with Gasteiger partial charge in [-0.1, -0.05) is 19.1 Å². The first kappa shape index (κ1) is 16.0. The van der Waals surface area contributed by atoms with Gasteiger partial charge in [0, 0.05) is 24.7 Å². The fourth-order valence-corrected chi connectivity index (χ4v) is 2.52. The van der Waals surface area contributed by atoms with Crippen LogP contribution in [0.25, 0.3) is 0 Å². The van der Waals surface area contributed by atoms with Crippen LogP contribution in [0.1, 0.15) is 42.6 Å². The van der Waals surface area contributed by atoms with Gasteiger partial charge in [-0.3, -0.25) is 4.79 Å². The van der Waals surface area contributed by atoms with Gasteiger partial charge in [-0.05, 0) is 43.4 Å². The van der Waals surface area contributed by atoms with Crippen LogP contribution in [0.2, 0.25) is 0 Å². The summed E-state index contributed by atoms with van der Waals surface area (Å²) in [4.78, 5) is 14.5. The summed E-state index contributed by atoms with van der Waals surface area (Å²) < 4.78 is 0. The van der Waals surface area contributed by atoms with Crippen molar-refractivity contribution < 1.29 is 4.79 Å². The van der Waals surface area contributed by atoms with Crippen molar-refractivity contribution in [2.45, 2.75) is 39.3 Å². The SMILES string of the molecule is CC1CCC(C)N(C(=O)c2ccc(CN)cc2)C1.Cl. The highest BCUT2D eigenvalue weighted by atomic mass is 35.5. The standard InChI is InChI=1S/C15H22N2O.ClH/c1-11-3-4-12(2)17(10-11)15(18)14-7-5-13(9-16)6-8-14;/h5-8,11-12H,3-4,9-10,16H2,1-2H3;1H. The third-order valence-electron chi connectivity index (χ3n) is 3.82. The molecule has 1 aliphatic rings. The molecule has 0 aliphatic carbocycles. The van der Waals surface area contributed by atoms with Crippen molar-refractivity contribution in [3.8, 4) is 0 Å². The molecule has 1 heterocycles. The van der Waals surface area contributed by atoms with Crippen LogP contribution < -0.4 is 5.73 Å². The van der Waals surface area contributed by atoms with E-state index in [-0.39, 0.29) is 18.3 Å². The Morgan fingerprint density at radius 2 is 1.89 bits per heavy atom. The topological polar surface area (TPSA) is 46.3 Å². The molecule has 3 nitrogen and oxygen atoms in total. The van der Waals surface area contributed by atoms with Crippen molar-refractivity contribution in [2.24, 2.45) is 11.7 Å². The van der Waals surface area contributed by atoms with E-state index in [1.165, 1.54) is 6.42 Å². The summed E-state index contributed by atoms with van der Waals surface area (Å²) in [5.41, 5.74) is 7.40. The molecule has 1 fully saturated rings. The van der Waals surface area contributed by atoms with Crippen molar-refractivity contribution >= 4 is 18.3 Å². The van der Waals surface area contributed by atoms with Gasteiger partial charge in [0.2, 0.25) is 0 Å². The summed E-state index contributed by atoms with van der Waals surface area (Å²) in [6.07, 6.45) is 2.32. The van der Waals surface area contributed by atoms with Crippen LogP contribution in [0.5, 0.6) is 0 Å². The second kappa shape index (κ2) is 6.92. The molecule has 2 unspecified atom stereocenters. The third kappa shape index (κ3) is 3.71. The fourth-order valence-electron chi connectivity index (χ4n) is 2.52. The lowest BCUT2D eigenvalue weighted by atomic mass is 9.94. The van der Waals surface area contributed by atoms with Gasteiger partial charge in [-0.25, -0.2) is 0 Å². The Kier molecular flexibility index (Phi) is 5.83. The molecule has 2 N–H and O–H groups in total. The maximum atomic E-state index is 12.4. The largest absolute Gasteiger partial charge is 0.336 e. The van der Waals surface area contributed by atoms with E-state index in [9.17, 15) is 4.79 Å². The summed E-state index contributed by atoms with van der Waals surface area (Å²) in [6, 6.07) is 7.99. The van der Waals surface area contributed by atoms with E-state index in [0.717, 1.165) is 24.1 Å². The smallest absolute Gasteiger partial charge is 0.254 e. The lowest BCUT2D eigenvalue weighted by molar-refractivity contribution is 0.0574. The molecule has 106 valence electrons. The Labute approximate surface area is 121 Å². The van der Waals surface area contributed by atoms with Crippen LogP contribution in [0.15, 0.2) is 24.3 Å². The van der Waals surface area contributed by atoms with E-state index in [2.05, 4.69) is 13.8 Å². The van der Waals surface area contributed by atoms with Crippen molar-refractivity contribution in [3.05, 3.63) is 35.4 Å².